The van der Waals surface area contributed by atoms with Crippen LogP contribution in [0.3, 0.4) is 0 Å². The van der Waals surface area contributed by atoms with Gasteiger partial charge in [-0.3, -0.25) is 9.69 Å². The third-order valence-electron chi connectivity index (χ3n) is 2.06. The molecule has 0 aliphatic heterocycles. The maximum Gasteiger partial charge on any atom is 0.410 e. The Hall–Kier alpha value is -1.84. The van der Waals surface area contributed by atoms with Gasteiger partial charge in [-0.1, -0.05) is 30.3 Å². The van der Waals surface area contributed by atoms with Crippen LogP contribution in [0.5, 0.6) is 0 Å². The Labute approximate surface area is 94.8 Å². The van der Waals surface area contributed by atoms with Crippen molar-refractivity contribution >= 4 is 11.9 Å². The fourth-order valence-corrected chi connectivity index (χ4v) is 1.39. The molecule has 0 aromatic heterocycles. The summed E-state index contributed by atoms with van der Waals surface area (Å²) >= 11 is 0. The number of ether oxygens (including phenoxy) is 1. The molecule has 4 nitrogen and oxygen atoms in total. The predicted octanol–water partition coefficient (Wildman–Crippen LogP) is 1.84. The predicted molar refractivity (Wildman–Crippen MR) is 59.9 cm³/mol. The van der Waals surface area contributed by atoms with E-state index in [2.05, 4.69) is 4.74 Å². The molecule has 0 bridgehead atoms. The van der Waals surface area contributed by atoms with Crippen molar-refractivity contribution < 1.29 is 14.3 Å². The molecule has 0 unspecified atom stereocenters. The lowest BCUT2D eigenvalue weighted by Crippen LogP contribution is -2.34. The second-order valence-electron chi connectivity index (χ2n) is 3.51. The molecule has 4 heteroatoms. The summed E-state index contributed by atoms with van der Waals surface area (Å²) in [5.41, 5.74) is 0.967. The average molecular weight is 221 g/mol. The van der Waals surface area contributed by atoms with Gasteiger partial charge in [-0.2, -0.15) is 0 Å². The van der Waals surface area contributed by atoms with Crippen LogP contribution in [0.2, 0.25) is 0 Å². The van der Waals surface area contributed by atoms with Gasteiger partial charge in [-0.25, -0.2) is 4.79 Å². The van der Waals surface area contributed by atoms with Crippen molar-refractivity contribution in [2.75, 3.05) is 13.7 Å². The van der Waals surface area contributed by atoms with E-state index in [1.807, 2.05) is 30.3 Å². The van der Waals surface area contributed by atoms with Crippen LogP contribution in [0.1, 0.15) is 12.5 Å². The number of Topliss-reactive ketones (excluding diaryl/α,β-unsaturated/α-hetero) is 1. The van der Waals surface area contributed by atoms with Gasteiger partial charge in [0, 0.05) is 6.54 Å². The highest BCUT2D eigenvalue weighted by Crippen LogP contribution is 2.05. The fourth-order valence-electron chi connectivity index (χ4n) is 1.39. The molecule has 86 valence electrons. The largest absolute Gasteiger partial charge is 0.453 e. The molecular weight excluding hydrogens is 206 g/mol. The van der Waals surface area contributed by atoms with Gasteiger partial charge < -0.3 is 4.74 Å². The summed E-state index contributed by atoms with van der Waals surface area (Å²) in [6.45, 7) is 1.90. The van der Waals surface area contributed by atoms with E-state index in [1.54, 1.807) is 0 Å². The van der Waals surface area contributed by atoms with Gasteiger partial charge >= 0.3 is 6.09 Å². The highest BCUT2D eigenvalue weighted by molar-refractivity contribution is 5.81. The molecule has 0 aliphatic rings. The number of hydrogen-bond donors (Lipinski definition) is 0. The Morgan fingerprint density at radius 2 is 1.88 bits per heavy atom. The number of nitrogens with zero attached hydrogens (tertiary/aromatic N) is 1. The zero-order chi connectivity index (χ0) is 12.0. The zero-order valence-corrected chi connectivity index (χ0v) is 9.47. The molecule has 0 heterocycles. The Morgan fingerprint density at radius 1 is 1.25 bits per heavy atom. The summed E-state index contributed by atoms with van der Waals surface area (Å²) in [4.78, 5) is 23.8. The summed E-state index contributed by atoms with van der Waals surface area (Å²) in [7, 11) is 1.31. The van der Waals surface area contributed by atoms with E-state index in [4.69, 9.17) is 0 Å². The Kier molecular flexibility index (Phi) is 4.51. The van der Waals surface area contributed by atoms with Gasteiger partial charge in [0.05, 0.1) is 13.7 Å². The van der Waals surface area contributed by atoms with E-state index < -0.39 is 6.09 Å². The standard InChI is InChI=1S/C12H15NO3/c1-10(14)8-13(12(15)16-2)9-11-6-4-3-5-7-11/h3-7H,8-9H2,1-2H3. The minimum atomic E-state index is -0.487. The number of amides is 1. The molecule has 0 atom stereocenters. The van der Waals surface area contributed by atoms with Crippen LogP contribution >= 0.6 is 0 Å². The van der Waals surface area contributed by atoms with Crippen LogP contribution in [0.15, 0.2) is 30.3 Å². The van der Waals surface area contributed by atoms with Crippen LogP contribution in [0.25, 0.3) is 0 Å². The van der Waals surface area contributed by atoms with Crippen LogP contribution in [-0.4, -0.2) is 30.4 Å². The van der Waals surface area contributed by atoms with Gasteiger partial charge in [0.15, 0.2) is 0 Å². The van der Waals surface area contributed by atoms with Gasteiger partial charge in [0.25, 0.3) is 0 Å². The van der Waals surface area contributed by atoms with Crippen LogP contribution < -0.4 is 0 Å². The fraction of sp³-hybridized carbons (Fsp3) is 0.333. The Morgan fingerprint density at radius 3 is 2.38 bits per heavy atom. The Bertz CT molecular complexity index is 362. The molecule has 1 rings (SSSR count). The van der Waals surface area contributed by atoms with Crippen LogP contribution in [0.4, 0.5) is 4.79 Å². The Balaban J connectivity index is 2.70. The highest BCUT2D eigenvalue weighted by atomic mass is 16.5. The summed E-state index contributed by atoms with van der Waals surface area (Å²) in [6, 6.07) is 9.47. The number of rotatable bonds is 4. The minimum absolute atomic E-state index is 0.0682. The third-order valence-corrected chi connectivity index (χ3v) is 2.06. The molecule has 0 N–H and O–H groups in total. The summed E-state index contributed by atoms with van der Waals surface area (Å²) in [5.74, 6) is -0.0682. The molecule has 1 aromatic rings. The molecule has 0 saturated heterocycles. The van der Waals surface area contributed by atoms with Gasteiger partial charge in [-0.05, 0) is 12.5 Å². The maximum atomic E-state index is 11.4. The first-order valence-electron chi connectivity index (χ1n) is 4.99. The number of ketones is 1. The van der Waals surface area contributed by atoms with Crippen molar-refractivity contribution in [3.05, 3.63) is 35.9 Å². The number of hydrogen-bond acceptors (Lipinski definition) is 3. The smallest absolute Gasteiger partial charge is 0.410 e. The van der Waals surface area contributed by atoms with Crippen molar-refractivity contribution in [3.63, 3.8) is 0 Å². The van der Waals surface area contributed by atoms with Crippen LogP contribution in [-0.2, 0) is 16.1 Å². The lowest BCUT2D eigenvalue weighted by atomic mass is 10.2. The number of carbonyl (C=O) groups excluding carboxylic acids is 2. The molecule has 0 saturated carbocycles. The normalized spacial score (nSPS) is 9.62. The number of carbonyl (C=O) groups is 2. The lowest BCUT2D eigenvalue weighted by Gasteiger charge is -2.19. The molecule has 1 aromatic carbocycles. The first kappa shape index (κ1) is 12.2. The van der Waals surface area contributed by atoms with Crippen molar-refractivity contribution in [1.82, 2.24) is 4.90 Å². The second-order valence-corrected chi connectivity index (χ2v) is 3.51. The van der Waals surface area contributed by atoms with E-state index in [0.717, 1.165) is 5.56 Å². The molecule has 1 amide bonds. The van der Waals surface area contributed by atoms with Crippen LogP contribution in [0, 0.1) is 0 Å². The topological polar surface area (TPSA) is 46.6 Å². The van der Waals surface area contributed by atoms with Crippen molar-refractivity contribution in [1.29, 1.82) is 0 Å². The number of methoxy groups -OCH3 is 1. The molecule has 0 fully saturated rings. The SMILES string of the molecule is COC(=O)N(CC(C)=O)Cc1ccccc1. The van der Waals surface area contributed by atoms with Gasteiger partial charge in [0.2, 0.25) is 0 Å². The van der Waals surface area contributed by atoms with Gasteiger partial charge in [-0.15, -0.1) is 0 Å². The summed E-state index contributed by atoms with van der Waals surface area (Å²) in [6.07, 6.45) is -0.487. The van der Waals surface area contributed by atoms with E-state index in [-0.39, 0.29) is 12.3 Å². The quantitative estimate of drug-likeness (QED) is 0.779. The maximum absolute atomic E-state index is 11.4. The molecule has 0 aliphatic carbocycles. The average Bonchev–Trinajstić information content (AvgIpc) is 2.28. The zero-order valence-electron chi connectivity index (χ0n) is 9.47. The highest BCUT2D eigenvalue weighted by Gasteiger charge is 2.15. The molecule has 0 radical (unpaired) electrons. The van der Waals surface area contributed by atoms with Gasteiger partial charge in [0.1, 0.15) is 5.78 Å². The van der Waals surface area contributed by atoms with E-state index in [0.29, 0.717) is 6.54 Å². The van der Waals surface area contributed by atoms with E-state index in [9.17, 15) is 9.59 Å². The van der Waals surface area contributed by atoms with Crippen molar-refractivity contribution in [2.45, 2.75) is 13.5 Å². The van der Waals surface area contributed by atoms with E-state index >= 15 is 0 Å². The van der Waals surface area contributed by atoms with Crippen molar-refractivity contribution in [3.8, 4) is 0 Å². The summed E-state index contributed by atoms with van der Waals surface area (Å²) < 4.78 is 4.62. The lowest BCUT2D eigenvalue weighted by molar-refractivity contribution is -0.117. The monoisotopic (exact) mass is 221 g/mol. The molecular formula is C12H15NO3. The summed E-state index contributed by atoms with van der Waals surface area (Å²) in [5, 5.41) is 0. The van der Waals surface area contributed by atoms with Crippen molar-refractivity contribution in [2.24, 2.45) is 0 Å². The molecule has 16 heavy (non-hydrogen) atoms. The second kappa shape index (κ2) is 5.90. The third kappa shape index (κ3) is 3.73. The molecule has 0 spiro atoms. The first-order valence-corrected chi connectivity index (χ1v) is 4.99. The first-order chi connectivity index (χ1) is 7.63. The number of benzene rings is 1. The minimum Gasteiger partial charge on any atom is -0.453 e. The van der Waals surface area contributed by atoms with E-state index in [1.165, 1.54) is 18.9 Å².